The Morgan fingerprint density at radius 2 is 1.82 bits per heavy atom. The molecule has 0 aliphatic carbocycles. The first-order valence-corrected chi connectivity index (χ1v) is 11.6. The number of pyridine rings is 1. The predicted molar refractivity (Wildman–Crippen MR) is 139 cm³/mol. The molecule has 0 radical (unpaired) electrons. The van der Waals surface area contributed by atoms with E-state index in [0.717, 1.165) is 5.56 Å². The van der Waals surface area contributed by atoms with Crippen molar-refractivity contribution in [1.29, 1.82) is 0 Å². The summed E-state index contributed by atoms with van der Waals surface area (Å²) < 4.78 is 58.8. The number of benzene rings is 2. The zero-order chi connectivity index (χ0) is 27.6. The smallest absolute Gasteiger partial charge is 0.432 e. The van der Waals surface area contributed by atoms with Crippen molar-refractivity contribution in [3.05, 3.63) is 90.4 Å². The molecule has 0 saturated carbocycles. The van der Waals surface area contributed by atoms with Crippen LogP contribution in [0.2, 0.25) is 0 Å². The number of aromatic amines is 1. The number of hydrogen-bond donors (Lipinski definition) is 3. The minimum atomic E-state index is -4.54. The number of alkyl halides is 3. The van der Waals surface area contributed by atoms with Crippen LogP contribution in [0.3, 0.4) is 0 Å². The lowest BCUT2D eigenvalue weighted by molar-refractivity contribution is -0.140. The van der Waals surface area contributed by atoms with Crippen molar-refractivity contribution in [2.75, 3.05) is 23.0 Å². The van der Waals surface area contributed by atoms with Crippen LogP contribution in [-0.4, -0.2) is 22.0 Å². The second-order valence-electron chi connectivity index (χ2n) is 8.87. The van der Waals surface area contributed by atoms with Gasteiger partial charge in [-0.05, 0) is 41.8 Å². The number of nitrogens with zero attached hydrogens (tertiary/aromatic N) is 3. The van der Waals surface area contributed by atoms with Crippen LogP contribution in [0.1, 0.15) is 31.0 Å². The standard InChI is InChI=1S/C27H26F4N6O/c1-15(2)17-5-7-20(28)22(11-17)35-16(3)37(4)24-8-6-18(12-21(24)32)38-19-9-10-33-23(13-19)26-34-14-25(36-26)27(29,30)31/h5-15,35H,3,32H2,1-2,4H3,(H,34,36). The lowest BCUT2D eigenvalue weighted by Crippen LogP contribution is -2.22. The molecule has 0 aliphatic heterocycles. The summed E-state index contributed by atoms with van der Waals surface area (Å²) in [6.07, 6.45) is -2.44. The molecule has 0 bridgehead atoms. The second-order valence-corrected chi connectivity index (χ2v) is 8.87. The minimum Gasteiger partial charge on any atom is -0.457 e. The molecule has 0 aliphatic rings. The number of hydrogen-bond acceptors (Lipinski definition) is 6. The zero-order valence-electron chi connectivity index (χ0n) is 20.9. The van der Waals surface area contributed by atoms with Gasteiger partial charge in [-0.3, -0.25) is 4.98 Å². The number of aromatic nitrogens is 3. The number of imidazole rings is 1. The highest BCUT2D eigenvalue weighted by Crippen LogP contribution is 2.33. The summed E-state index contributed by atoms with van der Waals surface area (Å²) in [5.74, 6) is 0.912. The fourth-order valence-electron chi connectivity index (χ4n) is 3.62. The Morgan fingerprint density at radius 1 is 1.08 bits per heavy atom. The van der Waals surface area contributed by atoms with E-state index in [1.54, 1.807) is 48.3 Å². The number of anilines is 3. The quantitative estimate of drug-likeness (QED) is 0.167. The van der Waals surface area contributed by atoms with Crippen LogP contribution in [0, 0.1) is 5.82 Å². The van der Waals surface area contributed by atoms with E-state index in [0.29, 0.717) is 40.6 Å². The number of ether oxygens (including phenoxy) is 1. The predicted octanol–water partition coefficient (Wildman–Crippen LogP) is 7.15. The van der Waals surface area contributed by atoms with Crippen molar-refractivity contribution >= 4 is 17.1 Å². The topological polar surface area (TPSA) is 92.1 Å². The lowest BCUT2D eigenvalue weighted by Gasteiger charge is -2.25. The summed E-state index contributed by atoms with van der Waals surface area (Å²) in [4.78, 5) is 11.7. The molecular formula is C27H26F4N6O. The molecule has 0 atom stereocenters. The number of nitrogen functional groups attached to an aromatic ring is 1. The third-order valence-electron chi connectivity index (χ3n) is 5.79. The van der Waals surface area contributed by atoms with Gasteiger partial charge in [0.1, 0.15) is 34.5 Å². The largest absolute Gasteiger partial charge is 0.457 e. The normalized spacial score (nSPS) is 11.5. The van der Waals surface area contributed by atoms with Crippen molar-refractivity contribution in [1.82, 2.24) is 15.0 Å². The SMILES string of the molecule is C=C(Nc1cc(C(C)C)ccc1F)N(C)c1ccc(Oc2ccnc(-c3ncc(C(F)(F)F)[nH]3)c2)cc1N. The Balaban J connectivity index is 1.48. The molecule has 7 nitrogen and oxygen atoms in total. The van der Waals surface area contributed by atoms with E-state index in [-0.39, 0.29) is 17.4 Å². The summed E-state index contributed by atoms with van der Waals surface area (Å²) >= 11 is 0. The maximum Gasteiger partial charge on any atom is 0.432 e. The van der Waals surface area contributed by atoms with E-state index in [4.69, 9.17) is 10.5 Å². The molecule has 198 valence electrons. The number of nitrogens with one attached hydrogen (secondary N) is 2. The van der Waals surface area contributed by atoms with Gasteiger partial charge in [-0.25, -0.2) is 9.37 Å². The van der Waals surface area contributed by atoms with Crippen molar-refractivity contribution in [2.24, 2.45) is 0 Å². The molecule has 0 unspecified atom stereocenters. The molecule has 2 heterocycles. The molecule has 38 heavy (non-hydrogen) atoms. The Labute approximate surface area is 217 Å². The molecule has 11 heteroatoms. The fourth-order valence-corrected chi connectivity index (χ4v) is 3.62. The van der Waals surface area contributed by atoms with E-state index >= 15 is 0 Å². The van der Waals surface area contributed by atoms with Crippen molar-refractivity contribution < 1.29 is 22.3 Å². The third-order valence-corrected chi connectivity index (χ3v) is 5.79. The fraction of sp³-hybridized carbons (Fsp3) is 0.185. The van der Waals surface area contributed by atoms with Crippen molar-refractivity contribution in [2.45, 2.75) is 25.9 Å². The van der Waals surface area contributed by atoms with Gasteiger partial charge in [0.25, 0.3) is 0 Å². The Bertz CT molecular complexity index is 1460. The lowest BCUT2D eigenvalue weighted by atomic mass is 10.0. The van der Waals surface area contributed by atoms with E-state index in [2.05, 4.69) is 26.8 Å². The van der Waals surface area contributed by atoms with E-state index in [9.17, 15) is 17.6 Å². The highest BCUT2D eigenvalue weighted by Gasteiger charge is 2.33. The minimum absolute atomic E-state index is 0.0411. The average molecular weight is 527 g/mol. The molecule has 0 spiro atoms. The second kappa shape index (κ2) is 10.4. The van der Waals surface area contributed by atoms with Crippen LogP contribution >= 0.6 is 0 Å². The van der Waals surface area contributed by atoms with E-state index in [1.165, 1.54) is 18.3 Å². The molecular weight excluding hydrogens is 500 g/mol. The molecule has 4 aromatic rings. The van der Waals surface area contributed by atoms with Crippen LogP contribution in [0.15, 0.2) is 73.3 Å². The number of H-pyrrole nitrogens is 1. The summed E-state index contributed by atoms with van der Waals surface area (Å²) in [6, 6.07) is 12.9. The summed E-state index contributed by atoms with van der Waals surface area (Å²) in [6.45, 7) is 8.05. The first-order valence-electron chi connectivity index (χ1n) is 11.6. The number of halogens is 4. The first kappa shape index (κ1) is 26.5. The van der Waals surface area contributed by atoms with Gasteiger partial charge in [-0.2, -0.15) is 13.2 Å². The van der Waals surface area contributed by atoms with Gasteiger partial charge in [0, 0.05) is 25.4 Å². The molecule has 2 aromatic heterocycles. The van der Waals surface area contributed by atoms with Crippen molar-refractivity contribution in [3.63, 3.8) is 0 Å². The van der Waals surface area contributed by atoms with Gasteiger partial charge in [0.05, 0.1) is 23.3 Å². The number of rotatable bonds is 8. The maximum absolute atomic E-state index is 14.4. The Hall–Kier alpha value is -4.54. The average Bonchev–Trinajstić information content (AvgIpc) is 3.36. The first-order chi connectivity index (χ1) is 17.9. The summed E-state index contributed by atoms with van der Waals surface area (Å²) in [5, 5.41) is 3.00. The van der Waals surface area contributed by atoms with E-state index in [1.807, 2.05) is 13.8 Å². The Kier molecular flexibility index (Phi) is 7.29. The Morgan fingerprint density at radius 3 is 2.47 bits per heavy atom. The van der Waals surface area contributed by atoms with E-state index < -0.39 is 17.7 Å². The molecule has 0 fully saturated rings. The summed E-state index contributed by atoms with van der Waals surface area (Å²) in [7, 11) is 1.74. The third kappa shape index (κ3) is 5.88. The van der Waals surface area contributed by atoms with Gasteiger partial charge >= 0.3 is 6.18 Å². The van der Waals surface area contributed by atoms with Gasteiger partial charge in [0.2, 0.25) is 0 Å². The molecule has 2 aromatic carbocycles. The zero-order valence-corrected chi connectivity index (χ0v) is 20.9. The van der Waals surface area contributed by atoms with Crippen LogP contribution in [0.5, 0.6) is 11.5 Å². The maximum atomic E-state index is 14.4. The van der Waals surface area contributed by atoms with Gasteiger partial charge in [-0.15, -0.1) is 0 Å². The molecule has 0 amide bonds. The molecule has 0 saturated heterocycles. The van der Waals surface area contributed by atoms with Gasteiger partial charge in [0.15, 0.2) is 5.82 Å². The monoisotopic (exact) mass is 526 g/mol. The molecule has 4 N–H and O–H groups in total. The van der Waals surface area contributed by atoms with Crippen LogP contribution in [-0.2, 0) is 6.18 Å². The van der Waals surface area contributed by atoms with Crippen LogP contribution in [0.25, 0.3) is 11.5 Å². The van der Waals surface area contributed by atoms with Crippen molar-refractivity contribution in [3.8, 4) is 23.0 Å². The highest BCUT2D eigenvalue weighted by molar-refractivity contribution is 5.72. The number of nitrogens with two attached hydrogens (primary N) is 1. The van der Waals surface area contributed by atoms with Gasteiger partial charge < -0.3 is 25.7 Å². The highest BCUT2D eigenvalue weighted by atomic mass is 19.4. The molecule has 4 rings (SSSR count). The van der Waals surface area contributed by atoms with Gasteiger partial charge in [-0.1, -0.05) is 26.5 Å². The van der Waals surface area contributed by atoms with Crippen LogP contribution in [0.4, 0.5) is 34.6 Å². The summed E-state index contributed by atoms with van der Waals surface area (Å²) in [5.41, 5.74) is 7.72. The van der Waals surface area contributed by atoms with Crippen LogP contribution < -0.4 is 20.7 Å².